The highest BCUT2D eigenvalue weighted by Gasteiger charge is 2.12. The van der Waals surface area contributed by atoms with Crippen molar-refractivity contribution in [2.75, 3.05) is 6.54 Å². The lowest BCUT2D eigenvalue weighted by atomic mass is 10.3. The topological polar surface area (TPSA) is 63.6 Å². The van der Waals surface area contributed by atoms with Crippen molar-refractivity contribution in [2.45, 2.75) is 33.2 Å². The van der Waals surface area contributed by atoms with Crippen LogP contribution in [0.25, 0.3) is 9.88 Å². The van der Waals surface area contributed by atoms with E-state index in [1.165, 1.54) is 11.5 Å². The minimum absolute atomic E-state index is 0.510. The second-order valence-corrected chi connectivity index (χ2v) is 5.86. The molecule has 0 aliphatic rings. The second kappa shape index (κ2) is 5.61. The van der Waals surface area contributed by atoms with E-state index < -0.39 is 0 Å². The van der Waals surface area contributed by atoms with Gasteiger partial charge in [0.1, 0.15) is 9.88 Å². The standard InChI is InChI=1S/C10H15N5S2/c1-6(2)11-5-4-8-13-14-10(16-8)9-7(3)12-15-17-9/h6,11H,4-5H2,1-3H3. The van der Waals surface area contributed by atoms with Crippen LogP contribution in [0.5, 0.6) is 0 Å². The van der Waals surface area contributed by atoms with Crippen LogP contribution in [0.4, 0.5) is 0 Å². The first kappa shape index (κ1) is 12.5. The molecule has 2 rings (SSSR count). The van der Waals surface area contributed by atoms with Crippen LogP contribution in [0, 0.1) is 6.92 Å². The zero-order chi connectivity index (χ0) is 12.3. The van der Waals surface area contributed by atoms with Gasteiger partial charge >= 0.3 is 0 Å². The van der Waals surface area contributed by atoms with Gasteiger partial charge in [-0.3, -0.25) is 0 Å². The molecule has 2 aromatic heterocycles. The Morgan fingerprint density at radius 3 is 2.71 bits per heavy atom. The summed E-state index contributed by atoms with van der Waals surface area (Å²) >= 11 is 3.00. The van der Waals surface area contributed by atoms with Gasteiger partial charge in [-0.2, -0.15) is 0 Å². The first-order chi connectivity index (χ1) is 8.16. The SMILES string of the molecule is Cc1nnsc1-c1nnc(CCNC(C)C)s1. The van der Waals surface area contributed by atoms with E-state index in [1.807, 2.05) is 6.92 Å². The fraction of sp³-hybridized carbons (Fsp3) is 0.600. The van der Waals surface area contributed by atoms with Gasteiger partial charge in [-0.05, 0) is 18.5 Å². The molecule has 0 radical (unpaired) electrons. The predicted molar refractivity (Wildman–Crippen MR) is 70.4 cm³/mol. The molecule has 0 aromatic carbocycles. The third kappa shape index (κ3) is 3.27. The molecule has 7 heteroatoms. The van der Waals surface area contributed by atoms with E-state index in [0.717, 1.165) is 33.6 Å². The van der Waals surface area contributed by atoms with Gasteiger partial charge in [-0.15, -0.1) is 15.3 Å². The molecule has 0 atom stereocenters. The number of aryl methyl sites for hydroxylation is 1. The van der Waals surface area contributed by atoms with Crippen LogP contribution in [0.15, 0.2) is 0 Å². The highest BCUT2D eigenvalue weighted by atomic mass is 32.1. The maximum atomic E-state index is 4.19. The van der Waals surface area contributed by atoms with E-state index in [9.17, 15) is 0 Å². The van der Waals surface area contributed by atoms with Gasteiger partial charge in [-0.25, -0.2) is 0 Å². The Hall–Kier alpha value is -0.920. The molecule has 2 aromatic rings. The van der Waals surface area contributed by atoms with Crippen LogP contribution >= 0.6 is 22.9 Å². The zero-order valence-corrected chi connectivity index (χ0v) is 11.7. The lowest BCUT2D eigenvalue weighted by Crippen LogP contribution is -2.24. The van der Waals surface area contributed by atoms with Gasteiger partial charge in [0.2, 0.25) is 0 Å². The Bertz CT molecular complexity index is 477. The van der Waals surface area contributed by atoms with Crippen LogP contribution in [0.3, 0.4) is 0 Å². The average molecular weight is 269 g/mol. The van der Waals surface area contributed by atoms with Crippen molar-refractivity contribution >= 4 is 22.9 Å². The van der Waals surface area contributed by atoms with E-state index in [4.69, 9.17) is 0 Å². The van der Waals surface area contributed by atoms with Crippen molar-refractivity contribution in [1.82, 2.24) is 25.1 Å². The van der Waals surface area contributed by atoms with Crippen molar-refractivity contribution in [2.24, 2.45) is 0 Å². The molecule has 17 heavy (non-hydrogen) atoms. The normalized spacial score (nSPS) is 11.3. The number of aromatic nitrogens is 4. The minimum atomic E-state index is 0.510. The van der Waals surface area contributed by atoms with Crippen molar-refractivity contribution in [1.29, 1.82) is 0 Å². The van der Waals surface area contributed by atoms with E-state index >= 15 is 0 Å². The molecule has 5 nitrogen and oxygen atoms in total. The number of hydrogen-bond donors (Lipinski definition) is 1. The molecule has 0 amide bonds. The molecule has 0 fully saturated rings. The Balaban J connectivity index is 1.99. The Morgan fingerprint density at radius 1 is 1.24 bits per heavy atom. The van der Waals surface area contributed by atoms with Gasteiger partial charge in [-0.1, -0.05) is 29.7 Å². The summed E-state index contributed by atoms with van der Waals surface area (Å²) in [6.45, 7) is 7.15. The molecular formula is C10H15N5S2. The summed E-state index contributed by atoms with van der Waals surface area (Å²) in [6.07, 6.45) is 0.918. The summed E-state index contributed by atoms with van der Waals surface area (Å²) < 4.78 is 3.91. The molecule has 0 aliphatic heterocycles. The summed E-state index contributed by atoms with van der Waals surface area (Å²) in [6, 6.07) is 0.510. The third-order valence-electron chi connectivity index (χ3n) is 2.20. The number of nitrogens with zero attached hydrogens (tertiary/aromatic N) is 4. The van der Waals surface area contributed by atoms with Crippen molar-refractivity contribution in [3.8, 4) is 9.88 Å². The van der Waals surface area contributed by atoms with Gasteiger partial charge < -0.3 is 5.32 Å². The average Bonchev–Trinajstić information content (AvgIpc) is 2.86. The lowest BCUT2D eigenvalue weighted by Gasteiger charge is -2.04. The Labute approximate surface area is 108 Å². The summed E-state index contributed by atoms with van der Waals surface area (Å²) in [5.74, 6) is 0. The van der Waals surface area contributed by atoms with Gasteiger partial charge in [0.15, 0.2) is 5.01 Å². The molecule has 0 aliphatic carbocycles. The minimum Gasteiger partial charge on any atom is -0.314 e. The van der Waals surface area contributed by atoms with Crippen molar-refractivity contribution < 1.29 is 0 Å². The first-order valence-electron chi connectivity index (χ1n) is 5.52. The smallest absolute Gasteiger partial charge is 0.161 e. The van der Waals surface area contributed by atoms with E-state index in [1.54, 1.807) is 11.3 Å². The number of rotatable bonds is 5. The van der Waals surface area contributed by atoms with Crippen molar-refractivity contribution in [3.05, 3.63) is 10.7 Å². The third-order valence-corrected chi connectivity index (χ3v) is 4.17. The van der Waals surface area contributed by atoms with Crippen LogP contribution < -0.4 is 5.32 Å². The number of nitrogens with one attached hydrogen (secondary N) is 1. The lowest BCUT2D eigenvalue weighted by molar-refractivity contribution is 0.588. The van der Waals surface area contributed by atoms with Crippen LogP contribution in [-0.4, -0.2) is 32.4 Å². The monoisotopic (exact) mass is 269 g/mol. The largest absolute Gasteiger partial charge is 0.314 e. The molecule has 0 unspecified atom stereocenters. The van der Waals surface area contributed by atoms with Crippen LogP contribution in [0.2, 0.25) is 0 Å². The summed E-state index contributed by atoms with van der Waals surface area (Å²) in [7, 11) is 0. The highest BCUT2D eigenvalue weighted by Crippen LogP contribution is 2.28. The van der Waals surface area contributed by atoms with Gasteiger partial charge in [0, 0.05) is 19.0 Å². The Kier molecular flexibility index (Phi) is 4.14. The Morgan fingerprint density at radius 2 is 2.06 bits per heavy atom. The molecule has 0 bridgehead atoms. The summed E-state index contributed by atoms with van der Waals surface area (Å²) in [5, 5.41) is 17.7. The fourth-order valence-corrected chi connectivity index (χ4v) is 2.95. The molecule has 2 heterocycles. The highest BCUT2D eigenvalue weighted by molar-refractivity contribution is 7.19. The van der Waals surface area contributed by atoms with E-state index in [2.05, 4.69) is 38.9 Å². The maximum absolute atomic E-state index is 4.19. The quantitative estimate of drug-likeness (QED) is 0.898. The first-order valence-corrected chi connectivity index (χ1v) is 7.11. The second-order valence-electron chi connectivity index (χ2n) is 4.05. The van der Waals surface area contributed by atoms with Gasteiger partial charge in [0.25, 0.3) is 0 Å². The van der Waals surface area contributed by atoms with Crippen LogP contribution in [-0.2, 0) is 6.42 Å². The van der Waals surface area contributed by atoms with E-state index in [-0.39, 0.29) is 0 Å². The fourth-order valence-electron chi connectivity index (χ4n) is 1.34. The molecule has 1 N–H and O–H groups in total. The van der Waals surface area contributed by atoms with Crippen molar-refractivity contribution in [3.63, 3.8) is 0 Å². The zero-order valence-electron chi connectivity index (χ0n) is 10.1. The summed E-state index contributed by atoms with van der Waals surface area (Å²) in [4.78, 5) is 1.03. The molecule has 0 spiro atoms. The predicted octanol–water partition coefficient (Wildman–Crippen LogP) is 1.91. The van der Waals surface area contributed by atoms with Gasteiger partial charge in [0.05, 0.1) is 5.69 Å². The molecule has 92 valence electrons. The maximum Gasteiger partial charge on any atom is 0.161 e. The molecule has 0 saturated heterocycles. The summed E-state index contributed by atoms with van der Waals surface area (Å²) in [5.41, 5.74) is 0.929. The van der Waals surface area contributed by atoms with Crippen LogP contribution in [0.1, 0.15) is 24.5 Å². The molecule has 0 saturated carbocycles. The number of hydrogen-bond acceptors (Lipinski definition) is 7. The molecular weight excluding hydrogens is 254 g/mol. The van der Waals surface area contributed by atoms with E-state index in [0.29, 0.717) is 6.04 Å².